The Bertz CT molecular complexity index is 365. The third kappa shape index (κ3) is 4.47. The van der Waals surface area contributed by atoms with Crippen LogP contribution in [0.25, 0.3) is 0 Å². The minimum atomic E-state index is 0. The zero-order valence-electron chi connectivity index (χ0n) is 13.9. The van der Waals surface area contributed by atoms with Crippen molar-refractivity contribution < 1.29 is 4.74 Å². The molecule has 5 nitrogen and oxygen atoms in total. The standard InChI is InChI=1S/C16H30N4O.HI/c1-2-17-15(18-7-11-19-8-3-4-9-19)20-10-5-16(13-20)6-12-21-14-16;/h2-14H2,1H3,(H,17,18);1H. The van der Waals surface area contributed by atoms with Gasteiger partial charge in [0.1, 0.15) is 0 Å². The van der Waals surface area contributed by atoms with Gasteiger partial charge in [-0.25, -0.2) is 0 Å². The number of rotatable bonds is 4. The third-order valence-corrected chi connectivity index (χ3v) is 5.13. The van der Waals surface area contributed by atoms with Crippen LogP contribution < -0.4 is 5.32 Å². The fraction of sp³-hybridized carbons (Fsp3) is 0.938. The molecule has 0 aromatic rings. The van der Waals surface area contributed by atoms with Crippen LogP contribution in [0, 0.1) is 5.41 Å². The Balaban J connectivity index is 0.00000176. The Morgan fingerprint density at radius 1 is 1.23 bits per heavy atom. The molecule has 3 heterocycles. The van der Waals surface area contributed by atoms with E-state index in [9.17, 15) is 0 Å². The molecule has 6 heteroatoms. The van der Waals surface area contributed by atoms with Gasteiger partial charge in [0, 0.05) is 38.2 Å². The smallest absolute Gasteiger partial charge is 0.193 e. The lowest BCUT2D eigenvalue weighted by molar-refractivity contribution is 0.156. The summed E-state index contributed by atoms with van der Waals surface area (Å²) >= 11 is 0. The number of ether oxygens (including phenoxy) is 1. The molecule has 0 aliphatic carbocycles. The first-order valence-corrected chi connectivity index (χ1v) is 8.65. The van der Waals surface area contributed by atoms with Crippen LogP contribution in [0.4, 0.5) is 0 Å². The first kappa shape index (κ1) is 18.3. The van der Waals surface area contributed by atoms with Crippen LogP contribution in [0.2, 0.25) is 0 Å². The number of nitrogens with zero attached hydrogens (tertiary/aromatic N) is 3. The van der Waals surface area contributed by atoms with Gasteiger partial charge < -0.3 is 19.9 Å². The molecule has 3 aliphatic heterocycles. The second-order valence-corrected chi connectivity index (χ2v) is 6.76. The molecule has 128 valence electrons. The number of guanidine groups is 1. The molecule has 3 fully saturated rings. The summed E-state index contributed by atoms with van der Waals surface area (Å²) < 4.78 is 5.63. The lowest BCUT2D eigenvalue weighted by atomic mass is 9.87. The number of hydrogen-bond donors (Lipinski definition) is 1. The van der Waals surface area contributed by atoms with Crippen molar-refractivity contribution in [2.75, 3.05) is 59.0 Å². The zero-order valence-corrected chi connectivity index (χ0v) is 16.2. The summed E-state index contributed by atoms with van der Waals surface area (Å²) in [5.41, 5.74) is 0.408. The van der Waals surface area contributed by atoms with Crippen LogP contribution in [0.15, 0.2) is 4.99 Å². The molecule has 22 heavy (non-hydrogen) atoms. The van der Waals surface area contributed by atoms with Crippen molar-refractivity contribution in [2.45, 2.75) is 32.6 Å². The second kappa shape index (κ2) is 8.68. The molecular weight excluding hydrogens is 391 g/mol. The molecule has 3 rings (SSSR count). The van der Waals surface area contributed by atoms with Crippen molar-refractivity contribution in [2.24, 2.45) is 10.4 Å². The minimum Gasteiger partial charge on any atom is -0.381 e. The first-order chi connectivity index (χ1) is 10.3. The van der Waals surface area contributed by atoms with Gasteiger partial charge in [-0.1, -0.05) is 0 Å². The van der Waals surface area contributed by atoms with E-state index in [1.807, 2.05) is 0 Å². The number of aliphatic imine (C=N–C) groups is 1. The summed E-state index contributed by atoms with van der Waals surface area (Å²) in [5.74, 6) is 1.11. The van der Waals surface area contributed by atoms with Gasteiger partial charge in [0.25, 0.3) is 0 Å². The molecule has 1 N–H and O–H groups in total. The van der Waals surface area contributed by atoms with E-state index >= 15 is 0 Å². The average Bonchev–Trinajstić information content (AvgIpc) is 3.22. The van der Waals surface area contributed by atoms with Crippen molar-refractivity contribution in [1.82, 2.24) is 15.1 Å². The van der Waals surface area contributed by atoms with Crippen molar-refractivity contribution >= 4 is 29.9 Å². The van der Waals surface area contributed by atoms with Crippen LogP contribution in [-0.4, -0.2) is 74.8 Å². The predicted molar refractivity (Wildman–Crippen MR) is 101 cm³/mol. The number of halogens is 1. The molecule has 1 atom stereocenters. The van der Waals surface area contributed by atoms with Gasteiger partial charge in [-0.3, -0.25) is 4.99 Å². The SMILES string of the molecule is CCNC(=NCCN1CCCC1)N1CCC2(CCOC2)C1.I. The van der Waals surface area contributed by atoms with E-state index in [1.54, 1.807) is 0 Å². The summed E-state index contributed by atoms with van der Waals surface area (Å²) in [4.78, 5) is 9.84. The van der Waals surface area contributed by atoms with Gasteiger partial charge in [0.05, 0.1) is 13.2 Å². The third-order valence-electron chi connectivity index (χ3n) is 5.13. The zero-order chi connectivity index (χ0) is 14.5. The van der Waals surface area contributed by atoms with Crippen molar-refractivity contribution in [3.05, 3.63) is 0 Å². The highest BCUT2D eigenvalue weighted by atomic mass is 127. The van der Waals surface area contributed by atoms with Gasteiger partial charge in [-0.05, 0) is 45.7 Å². The van der Waals surface area contributed by atoms with Gasteiger partial charge in [-0.2, -0.15) is 0 Å². The van der Waals surface area contributed by atoms with Gasteiger partial charge in [0.2, 0.25) is 0 Å². The summed E-state index contributed by atoms with van der Waals surface area (Å²) in [6, 6.07) is 0. The Morgan fingerprint density at radius 2 is 2.05 bits per heavy atom. The van der Waals surface area contributed by atoms with Crippen LogP contribution in [0.5, 0.6) is 0 Å². The highest BCUT2D eigenvalue weighted by Crippen LogP contribution is 2.38. The van der Waals surface area contributed by atoms with E-state index in [2.05, 4.69) is 22.0 Å². The Kier molecular flexibility index (Phi) is 7.21. The van der Waals surface area contributed by atoms with E-state index in [0.717, 1.165) is 51.9 Å². The van der Waals surface area contributed by atoms with E-state index in [-0.39, 0.29) is 24.0 Å². The van der Waals surface area contributed by atoms with Gasteiger partial charge in [0.15, 0.2) is 5.96 Å². The van der Waals surface area contributed by atoms with Crippen LogP contribution in [0.3, 0.4) is 0 Å². The summed E-state index contributed by atoms with van der Waals surface area (Å²) in [5, 5.41) is 3.47. The molecule has 1 unspecified atom stereocenters. The number of likely N-dealkylation sites (tertiary alicyclic amines) is 2. The van der Waals surface area contributed by atoms with Crippen molar-refractivity contribution in [3.63, 3.8) is 0 Å². The van der Waals surface area contributed by atoms with Crippen molar-refractivity contribution in [3.8, 4) is 0 Å². The topological polar surface area (TPSA) is 40.1 Å². The van der Waals surface area contributed by atoms with E-state index in [1.165, 1.54) is 38.8 Å². The molecule has 0 saturated carbocycles. The first-order valence-electron chi connectivity index (χ1n) is 8.65. The maximum Gasteiger partial charge on any atom is 0.193 e. The lowest BCUT2D eigenvalue weighted by Crippen LogP contribution is -2.42. The van der Waals surface area contributed by atoms with Crippen LogP contribution in [-0.2, 0) is 4.74 Å². The Labute approximate surface area is 151 Å². The Morgan fingerprint density at radius 3 is 2.73 bits per heavy atom. The highest BCUT2D eigenvalue weighted by molar-refractivity contribution is 14.0. The maximum absolute atomic E-state index is 5.63. The van der Waals surface area contributed by atoms with Gasteiger partial charge >= 0.3 is 0 Å². The van der Waals surface area contributed by atoms with Gasteiger partial charge in [-0.15, -0.1) is 24.0 Å². The molecule has 0 radical (unpaired) electrons. The van der Waals surface area contributed by atoms with E-state index < -0.39 is 0 Å². The lowest BCUT2D eigenvalue weighted by Gasteiger charge is -2.25. The Hall–Kier alpha value is -0.0800. The minimum absolute atomic E-state index is 0. The average molecular weight is 422 g/mol. The fourth-order valence-electron chi connectivity index (χ4n) is 3.82. The quantitative estimate of drug-likeness (QED) is 0.426. The highest BCUT2D eigenvalue weighted by Gasteiger charge is 2.42. The molecule has 0 aromatic heterocycles. The summed E-state index contributed by atoms with van der Waals surface area (Å²) in [6.07, 6.45) is 5.19. The van der Waals surface area contributed by atoms with Crippen molar-refractivity contribution in [1.29, 1.82) is 0 Å². The summed E-state index contributed by atoms with van der Waals surface area (Å²) in [7, 11) is 0. The van der Waals surface area contributed by atoms with E-state index in [4.69, 9.17) is 9.73 Å². The fourth-order valence-corrected chi connectivity index (χ4v) is 3.82. The van der Waals surface area contributed by atoms with E-state index in [0.29, 0.717) is 5.41 Å². The molecule has 1 spiro atoms. The van der Waals surface area contributed by atoms with Crippen LogP contribution in [0.1, 0.15) is 32.6 Å². The monoisotopic (exact) mass is 422 g/mol. The summed E-state index contributed by atoms with van der Waals surface area (Å²) in [6.45, 7) is 11.8. The molecule has 0 bridgehead atoms. The largest absolute Gasteiger partial charge is 0.381 e. The maximum atomic E-state index is 5.63. The number of hydrogen-bond acceptors (Lipinski definition) is 3. The normalized spacial score (nSPS) is 29.3. The predicted octanol–water partition coefficient (Wildman–Crippen LogP) is 1.78. The van der Waals surface area contributed by atoms with Crippen LogP contribution >= 0.6 is 24.0 Å². The molecule has 3 aliphatic rings. The molecule has 3 saturated heterocycles. The second-order valence-electron chi connectivity index (χ2n) is 6.76. The molecule has 0 amide bonds. The number of nitrogens with one attached hydrogen (secondary N) is 1. The molecular formula is C16H31IN4O. The molecule has 0 aromatic carbocycles.